The first-order chi connectivity index (χ1) is 14.1. The first-order valence-electron chi connectivity index (χ1n) is 10.2. The van der Waals surface area contributed by atoms with Gasteiger partial charge in [-0.05, 0) is 24.5 Å². The quantitative estimate of drug-likeness (QED) is 0.865. The zero-order valence-corrected chi connectivity index (χ0v) is 16.5. The van der Waals surface area contributed by atoms with E-state index in [1.165, 1.54) is 0 Å². The second-order valence-corrected chi connectivity index (χ2v) is 7.85. The third-order valence-corrected chi connectivity index (χ3v) is 5.84. The fourth-order valence-corrected chi connectivity index (χ4v) is 4.15. The van der Waals surface area contributed by atoms with Crippen molar-refractivity contribution >= 4 is 11.8 Å². The maximum atomic E-state index is 12.9. The molecule has 152 valence electrons. The summed E-state index contributed by atoms with van der Waals surface area (Å²) in [6.45, 7) is 2.83. The highest BCUT2D eigenvalue weighted by Gasteiger charge is 2.29. The molecule has 4 rings (SSSR count). The summed E-state index contributed by atoms with van der Waals surface area (Å²) in [5.74, 6) is 0.599. The molecule has 6 heteroatoms. The molecule has 2 aromatic carbocycles. The van der Waals surface area contributed by atoms with Gasteiger partial charge >= 0.3 is 0 Å². The van der Waals surface area contributed by atoms with Gasteiger partial charge in [-0.15, -0.1) is 0 Å². The van der Waals surface area contributed by atoms with Crippen LogP contribution in [0.2, 0.25) is 0 Å². The van der Waals surface area contributed by atoms with E-state index in [9.17, 15) is 9.59 Å². The second kappa shape index (κ2) is 8.66. The summed E-state index contributed by atoms with van der Waals surface area (Å²) in [7, 11) is 0. The number of fused-ring (bicyclic) bond motifs is 1. The van der Waals surface area contributed by atoms with Crippen LogP contribution in [0.4, 0.5) is 0 Å². The number of nitrogens with zero attached hydrogens (tertiary/aromatic N) is 2. The van der Waals surface area contributed by atoms with Crippen LogP contribution < -0.4 is 10.5 Å². The Labute approximate surface area is 171 Å². The molecule has 2 aromatic rings. The van der Waals surface area contributed by atoms with Gasteiger partial charge in [0.2, 0.25) is 11.8 Å². The fraction of sp³-hybridized carbons (Fsp3) is 0.391. The van der Waals surface area contributed by atoms with Crippen LogP contribution in [0.5, 0.6) is 5.75 Å². The van der Waals surface area contributed by atoms with E-state index in [0.717, 1.165) is 16.9 Å². The van der Waals surface area contributed by atoms with Crippen molar-refractivity contribution in [3.05, 3.63) is 65.7 Å². The molecule has 0 bridgehead atoms. The lowest BCUT2D eigenvalue weighted by Gasteiger charge is -2.32. The summed E-state index contributed by atoms with van der Waals surface area (Å²) in [6.07, 6.45) is 1.17. The Morgan fingerprint density at radius 2 is 1.69 bits per heavy atom. The number of hydrogen-bond acceptors (Lipinski definition) is 4. The van der Waals surface area contributed by atoms with Crippen molar-refractivity contribution in [1.29, 1.82) is 0 Å². The van der Waals surface area contributed by atoms with Crippen LogP contribution in [0, 0.1) is 5.92 Å². The average Bonchev–Trinajstić information content (AvgIpc) is 2.93. The summed E-state index contributed by atoms with van der Waals surface area (Å²) >= 11 is 0. The molecule has 1 atom stereocenters. The molecule has 2 aliphatic heterocycles. The van der Waals surface area contributed by atoms with Gasteiger partial charge in [-0.1, -0.05) is 48.5 Å². The van der Waals surface area contributed by atoms with Gasteiger partial charge in [0.25, 0.3) is 0 Å². The Morgan fingerprint density at radius 1 is 1.00 bits per heavy atom. The molecule has 0 aromatic heterocycles. The van der Waals surface area contributed by atoms with Crippen LogP contribution >= 0.6 is 0 Å². The second-order valence-electron chi connectivity index (χ2n) is 7.85. The van der Waals surface area contributed by atoms with Crippen LogP contribution in [0.25, 0.3) is 0 Å². The number of piperidine rings is 1. The Morgan fingerprint density at radius 3 is 2.41 bits per heavy atom. The van der Waals surface area contributed by atoms with Gasteiger partial charge < -0.3 is 15.4 Å². The SMILES string of the molecule is NC(=O)C1CCN(C(=O)CN2Cc3ccccc3OC(c3ccccc3)C2)CC1. The first kappa shape index (κ1) is 19.5. The number of benzene rings is 2. The monoisotopic (exact) mass is 393 g/mol. The van der Waals surface area contributed by atoms with Crippen molar-refractivity contribution < 1.29 is 14.3 Å². The normalized spacial score (nSPS) is 20.4. The van der Waals surface area contributed by atoms with Gasteiger partial charge in [0.15, 0.2) is 0 Å². The summed E-state index contributed by atoms with van der Waals surface area (Å²) in [6, 6.07) is 18.2. The number of para-hydroxylation sites is 1. The maximum Gasteiger partial charge on any atom is 0.236 e. The highest BCUT2D eigenvalue weighted by atomic mass is 16.5. The number of hydrogen-bond donors (Lipinski definition) is 1. The smallest absolute Gasteiger partial charge is 0.236 e. The number of rotatable bonds is 4. The van der Waals surface area contributed by atoms with Crippen molar-refractivity contribution in [2.24, 2.45) is 11.7 Å². The number of amides is 2. The molecule has 2 aliphatic rings. The van der Waals surface area contributed by atoms with Crippen LogP contribution in [0.15, 0.2) is 54.6 Å². The molecule has 2 amide bonds. The van der Waals surface area contributed by atoms with Crippen LogP contribution in [0.1, 0.15) is 30.1 Å². The minimum atomic E-state index is -0.260. The van der Waals surface area contributed by atoms with Gasteiger partial charge in [-0.25, -0.2) is 0 Å². The summed E-state index contributed by atoms with van der Waals surface area (Å²) in [5, 5.41) is 0. The van der Waals surface area contributed by atoms with Gasteiger partial charge in [0.05, 0.1) is 6.54 Å². The maximum absolute atomic E-state index is 12.9. The molecule has 1 unspecified atom stereocenters. The molecule has 0 spiro atoms. The number of primary amides is 1. The van der Waals surface area contributed by atoms with E-state index < -0.39 is 0 Å². The van der Waals surface area contributed by atoms with Crippen LogP contribution in [-0.2, 0) is 16.1 Å². The van der Waals surface area contributed by atoms with Crippen LogP contribution in [-0.4, -0.2) is 47.8 Å². The number of likely N-dealkylation sites (tertiary alicyclic amines) is 1. The Hall–Kier alpha value is -2.86. The molecule has 29 heavy (non-hydrogen) atoms. The van der Waals surface area contributed by atoms with Crippen molar-refractivity contribution in [3.63, 3.8) is 0 Å². The third kappa shape index (κ3) is 4.59. The van der Waals surface area contributed by atoms with Gasteiger partial charge in [0.1, 0.15) is 11.9 Å². The Balaban J connectivity index is 1.47. The highest BCUT2D eigenvalue weighted by Crippen LogP contribution is 2.31. The van der Waals surface area contributed by atoms with Crippen molar-refractivity contribution in [1.82, 2.24) is 9.80 Å². The molecule has 2 heterocycles. The summed E-state index contributed by atoms with van der Waals surface area (Å²) < 4.78 is 6.32. The number of carbonyl (C=O) groups is 2. The number of nitrogens with two attached hydrogens (primary N) is 1. The minimum absolute atomic E-state index is 0.0964. The molecule has 1 saturated heterocycles. The van der Waals surface area contributed by atoms with E-state index in [-0.39, 0.29) is 23.8 Å². The average molecular weight is 393 g/mol. The number of ether oxygens (including phenoxy) is 1. The van der Waals surface area contributed by atoms with Gasteiger partial charge in [-0.3, -0.25) is 14.5 Å². The summed E-state index contributed by atoms with van der Waals surface area (Å²) in [5.41, 5.74) is 7.60. The lowest BCUT2D eigenvalue weighted by atomic mass is 9.96. The van der Waals surface area contributed by atoms with Crippen LogP contribution in [0.3, 0.4) is 0 Å². The first-order valence-corrected chi connectivity index (χ1v) is 10.2. The largest absolute Gasteiger partial charge is 0.484 e. The zero-order valence-electron chi connectivity index (χ0n) is 16.5. The number of carbonyl (C=O) groups excluding carboxylic acids is 2. The molecule has 0 aliphatic carbocycles. The molecule has 0 saturated carbocycles. The molecule has 6 nitrogen and oxygen atoms in total. The van der Waals surface area contributed by atoms with E-state index >= 15 is 0 Å². The predicted octanol–water partition coefficient (Wildman–Crippen LogP) is 2.35. The Bertz CT molecular complexity index is 863. The van der Waals surface area contributed by atoms with Gasteiger partial charge in [0, 0.05) is 37.7 Å². The molecule has 0 radical (unpaired) electrons. The molecule has 1 fully saturated rings. The standard InChI is InChI=1S/C23H27N3O3/c24-23(28)18-10-12-26(13-11-18)22(27)16-25-14-19-8-4-5-9-20(19)29-21(15-25)17-6-2-1-3-7-17/h1-9,18,21H,10-16H2,(H2,24,28). The Kier molecular flexibility index (Phi) is 5.81. The van der Waals surface area contributed by atoms with Gasteiger partial charge in [-0.2, -0.15) is 0 Å². The van der Waals surface area contributed by atoms with E-state index in [0.29, 0.717) is 45.6 Å². The minimum Gasteiger partial charge on any atom is -0.484 e. The fourth-order valence-electron chi connectivity index (χ4n) is 4.15. The molecular formula is C23H27N3O3. The lowest BCUT2D eigenvalue weighted by molar-refractivity contribution is -0.136. The highest BCUT2D eigenvalue weighted by molar-refractivity contribution is 5.80. The van der Waals surface area contributed by atoms with E-state index in [1.54, 1.807) is 0 Å². The van der Waals surface area contributed by atoms with E-state index in [1.807, 2.05) is 41.3 Å². The topological polar surface area (TPSA) is 75.9 Å². The zero-order chi connectivity index (χ0) is 20.2. The molecular weight excluding hydrogens is 366 g/mol. The van der Waals surface area contributed by atoms with E-state index in [2.05, 4.69) is 23.1 Å². The lowest BCUT2D eigenvalue weighted by Crippen LogP contribution is -2.46. The summed E-state index contributed by atoms with van der Waals surface area (Å²) in [4.78, 5) is 28.3. The van der Waals surface area contributed by atoms with Crippen molar-refractivity contribution in [2.45, 2.75) is 25.5 Å². The third-order valence-electron chi connectivity index (χ3n) is 5.84. The van der Waals surface area contributed by atoms with Crippen molar-refractivity contribution in [3.8, 4) is 5.75 Å². The molecule has 2 N–H and O–H groups in total. The van der Waals surface area contributed by atoms with E-state index in [4.69, 9.17) is 10.5 Å². The predicted molar refractivity (Wildman–Crippen MR) is 110 cm³/mol. The van der Waals surface area contributed by atoms with Crippen molar-refractivity contribution in [2.75, 3.05) is 26.2 Å².